The first-order chi connectivity index (χ1) is 16.9. The van der Waals surface area contributed by atoms with E-state index in [1.165, 1.54) is 52.4 Å². The zero-order chi connectivity index (χ0) is 24.2. The fraction of sp³-hybridized carbons (Fsp3) is 0.290. The number of fused-ring (bicyclic) bond motifs is 3. The third-order valence-corrected chi connectivity index (χ3v) is 12.6. The first-order valence-corrected chi connectivity index (χ1v) is 15.9. The van der Waals surface area contributed by atoms with Gasteiger partial charge in [-0.3, -0.25) is 0 Å². The summed E-state index contributed by atoms with van der Waals surface area (Å²) in [6.07, 6.45) is 9.79. The zero-order valence-electron chi connectivity index (χ0n) is 21.2. The molecule has 0 bridgehead atoms. The number of rotatable bonds is 4. The molecule has 0 radical (unpaired) electrons. The molecule has 0 amide bonds. The normalized spacial score (nSPS) is 22.6. The fourth-order valence-electron chi connectivity index (χ4n) is 6.76. The summed E-state index contributed by atoms with van der Waals surface area (Å²) in [5.41, 5.74) is 9.97. The van der Waals surface area contributed by atoms with E-state index >= 15 is 0 Å². The average molecular weight is 478 g/mol. The summed E-state index contributed by atoms with van der Waals surface area (Å²) in [7, 11) is 2.28. The summed E-state index contributed by atoms with van der Waals surface area (Å²) >= 11 is 0. The molecule has 3 atom stereocenters. The van der Waals surface area contributed by atoms with Crippen LogP contribution in [0.2, 0.25) is 18.6 Å². The maximum absolute atomic E-state index is 3.68. The minimum atomic E-state index is -1.93. The van der Waals surface area contributed by atoms with E-state index in [1.807, 2.05) is 0 Å². The van der Waals surface area contributed by atoms with Crippen LogP contribution in [0, 0.1) is 11.8 Å². The van der Waals surface area contributed by atoms with Crippen molar-refractivity contribution in [3.05, 3.63) is 96.6 Å². The topological polar surface area (TPSA) is 18.5 Å². The van der Waals surface area contributed by atoms with E-state index in [4.69, 9.17) is 0 Å². The van der Waals surface area contributed by atoms with E-state index < -0.39 is 8.24 Å². The lowest BCUT2D eigenvalue weighted by atomic mass is 9.81. The van der Waals surface area contributed by atoms with Crippen LogP contribution in [-0.4, -0.2) is 22.3 Å². The van der Waals surface area contributed by atoms with Crippen molar-refractivity contribution in [3.8, 4) is 0 Å². The monoisotopic (exact) mass is 477 g/mol. The number of nitrogens with one attached hydrogen (secondary N) is 1. The van der Waals surface area contributed by atoms with Crippen LogP contribution in [-0.2, 0) is 0 Å². The second-order valence-corrected chi connectivity index (χ2v) is 15.5. The summed E-state index contributed by atoms with van der Waals surface area (Å²) in [6, 6.07) is 26.8. The molecule has 1 unspecified atom stereocenters. The molecule has 2 aliphatic carbocycles. The SMILES string of the molecule is CN(C)c1ccc(C2=CC=C[C@@H]3C([Si](C)(C)N4c5ccccc5Nc5ccccc54)CC[C@H]23)cc1. The number of hydrogen-bond donors (Lipinski definition) is 1. The Morgan fingerprint density at radius 2 is 1.46 bits per heavy atom. The van der Waals surface area contributed by atoms with Crippen molar-refractivity contribution in [3.63, 3.8) is 0 Å². The Kier molecular flexibility index (Phi) is 5.37. The van der Waals surface area contributed by atoms with E-state index in [0.29, 0.717) is 17.4 Å². The van der Waals surface area contributed by atoms with Gasteiger partial charge in [0.15, 0.2) is 8.24 Å². The number of para-hydroxylation sites is 4. The molecule has 1 fully saturated rings. The van der Waals surface area contributed by atoms with Crippen molar-refractivity contribution in [2.75, 3.05) is 28.9 Å². The highest BCUT2D eigenvalue weighted by Crippen LogP contribution is 2.57. The molecule has 0 saturated heterocycles. The quantitative estimate of drug-likeness (QED) is 0.382. The Morgan fingerprint density at radius 3 is 2.09 bits per heavy atom. The Hall–Kier alpha value is -3.24. The number of allylic oxidation sites excluding steroid dienone is 4. The average Bonchev–Trinajstić information content (AvgIpc) is 3.32. The van der Waals surface area contributed by atoms with Gasteiger partial charge in [0.2, 0.25) is 0 Å². The lowest BCUT2D eigenvalue weighted by molar-refractivity contribution is 0.559. The van der Waals surface area contributed by atoms with E-state index in [0.717, 1.165) is 0 Å². The standard InChI is InChI=1S/C31H35N3Si/c1-33(2)23-18-16-22(17-19-23)24-10-9-11-26-25(24)20-21-31(26)35(3,4)34-29-14-7-5-12-27(29)32-28-13-6-8-15-30(28)34/h5-19,25-26,31-32H,20-21H2,1-4H3/t25-,26+,31?/m1/s1. The fourth-order valence-corrected chi connectivity index (χ4v) is 10.9. The van der Waals surface area contributed by atoms with Gasteiger partial charge in [0.1, 0.15) is 0 Å². The first kappa shape index (κ1) is 22.2. The first-order valence-electron chi connectivity index (χ1n) is 12.9. The van der Waals surface area contributed by atoms with E-state index in [1.54, 1.807) is 0 Å². The largest absolute Gasteiger partial charge is 0.378 e. The molecule has 0 spiro atoms. The van der Waals surface area contributed by atoms with Gasteiger partial charge in [-0.05, 0) is 77.8 Å². The molecule has 35 heavy (non-hydrogen) atoms. The Morgan fingerprint density at radius 1 is 0.829 bits per heavy atom. The minimum absolute atomic E-state index is 0.597. The van der Waals surface area contributed by atoms with Crippen LogP contribution in [0.25, 0.3) is 5.57 Å². The van der Waals surface area contributed by atoms with Gasteiger partial charge >= 0.3 is 0 Å². The molecule has 1 aliphatic heterocycles. The number of hydrogen-bond acceptors (Lipinski definition) is 3. The van der Waals surface area contributed by atoms with Crippen LogP contribution in [0.15, 0.2) is 91.0 Å². The van der Waals surface area contributed by atoms with Crippen LogP contribution < -0.4 is 14.8 Å². The van der Waals surface area contributed by atoms with Crippen molar-refractivity contribution in [1.82, 2.24) is 0 Å². The molecule has 4 heteroatoms. The van der Waals surface area contributed by atoms with Crippen molar-refractivity contribution < 1.29 is 0 Å². The molecular weight excluding hydrogens is 442 g/mol. The molecular formula is C31H35N3Si. The van der Waals surface area contributed by atoms with Crippen LogP contribution in [0.3, 0.4) is 0 Å². The molecule has 1 heterocycles. The highest BCUT2D eigenvalue weighted by Gasteiger charge is 2.50. The highest BCUT2D eigenvalue weighted by atomic mass is 28.3. The maximum Gasteiger partial charge on any atom is 0.160 e. The predicted octanol–water partition coefficient (Wildman–Crippen LogP) is 8.20. The van der Waals surface area contributed by atoms with Crippen LogP contribution in [0.1, 0.15) is 18.4 Å². The van der Waals surface area contributed by atoms with E-state index in [9.17, 15) is 0 Å². The second-order valence-electron chi connectivity index (χ2n) is 11.0. The van der Waals surface area contributed by atoms with Gasteiger partial charge in [-0.2, -0.15) is 0 Å². The molecule has 3 aromatic carbocycles. The second kappa shape index (κ2) is 8.45. The van der Waals surface area contributed by atoms with Gasteiger partial charge in [-0.1, -0.05) is 67.7 Å². The summed E-state index contributed by atoms with van der Waals surface area (Å²) < 4.78 is 2.75. The van der Waals surface area contributed by atoms with Crippen molar-refractivity contribution in [1.29, 1.82) is 0 Å². The Balaban J connectivity index is 1.35. The highest BCUT2D eigenvalue weighted by molar-refractivity contribution is 6.84. The van der Waals surface area contributed by atoms with Gasteiger partial charge in [-0.15, -0.1) is 0 Å². The van der Waals surface area contributed by atoms with Crippen molar-refractivity contribution >= 4 is 42.2 Å². The number of benzene rings is 3. The summed E-state index contributed by atoms with van der Waals surface area (Å²) in [6.45, 7) is 5.19. The van der Waals surface area contributed by atoms with Gasteiger partial charge in [0.05, 0.1) is 22.7 Å². The Labute approximate surface area is 210 Å². The number of nitrogens with zero attached hydrogens (tertiary/aromatic N) is 2. The molecule has 178 valence electrons. The van der Waals surface area contributed by atoms with E-state index in [-0.39, 0.29) is 0 Å². The molecule has 0 aromatic heterocycles. The van der Waals surface area contributed by atoms with Crippen molar-refractivity contribution in [2.45, 2.75) is 31.5 Å². The van der Waals surface area contributed by atoms with Crippen molar-refractivity contribution in [2.24, 2.45) is 11.8 Å². The molecule has 3 aromatic rings. The lowest BCUT2D eigenvalue weighted by Crippen LogP contribution is -2.52. The molecule has 3 aliphatic rings. The lowest BCUT2D eigenvalue weighted by Gasteiger charge is -2.48. The smallest absolute Gasteiger partial charge is 0.160 e. The predicted molar refractivity (Wildman–Crippen MR) is 154 cm³/mol. The van der Waals surface area contributed by atoms with E-state index in [2.05, 4.69) is 133 Å². The van der Waals surface area contributed by atoms with Crippen LogP contribution in [0.4, 0.5) is 28.4 Å². The molecule has 3 nitrogen and oxygen atoms in total. The molecule has 1 saturated carbocycles. The third kappa shape index (κ3) is 3.63. The van der Waals surface area contributed by atoms with Gasteiger partial charge in [0.25, 0.3) is 0 Å². The minimum Gasteiger partial charge on any atom is -0.378 e. The summed E-state index contributed by atoms with van der Waals surface area (Å²) in [4.78, 5) is 2.17. The molecule has 1 N–H and O–H groups in total. The summed E-state index contributed by atoms with van der Waals surface area (Å²) in [5, 5.41) is 3.68. The van der Waals surface area contributed by atoms with Gasteiger partial charge in [-0.25, -0.2) is 0 Å². The Bertz CT molecular complexity index is 1260. The number of anilines is 5. The zero-order valence-corrected chi connectivity index (χ0v) is 22.2. The third-order valence-electron chi connectivity index (χ3n) is 8.49. The van der Waals surface area contributed by atoms with Gasteiger partial charge < -0.3 is 14.8 Å². The van der Waals surface area contributed by atoms with Crippen LogP contribution >= 0.6 is 0 Å². The van der Waals surface area contributed by atoms with Gasteiger partial charge in [0, 0.05) is 19.8 Å². The summed E-state index contributed by atoms with van der Waals surface area (Å²) in [5.74, 6) is 1.20. The van der Waals surface area contributed by atoms with Crippen LogP contribution in [0.5, 0.6) is 0 Å². The maximum atomic E-state index is 3.68. The molecule has 6 rings (SSSR count).